The number of nitrogens with zero attached hydrogens (tertiary/aromatic N) is 2. The normalized spacial score (nSPS) is 10.5. The zero-order valence-corrected chi connectivity index (χ0v) is 13.8. The number of amides is 1. The molecule has 6 heteroatoms. The third-order valence-corrected chi connectivity index (χ3v) is 3.60. The number of benzene rings is 1. The van der Waals surface area contributed by atoms with E-state index in [1.165, 1.54) is 6.92 Å². The highest BCUT2D eigenvalue weighted by atomic mass is 16.5. The van der Waals surface area contributed by atoms with E-state index in [2.05, 4.69) is 20.3 Å². The molecule has 122 valence electrons. The first-order valence-corrected chi connectivity index (χ1v) is 7.51. The number of carbonyl (C=O) groups excluding carboxylic acids is 1. The molecule has 0 fully saturated rings. The number of aromatic nitrogens is 3. The van der Waals surface area contributed by atoms with Gasteiger partial charge in [-0.15, -0.1) is 0 Å². The van der Waals surface area contributed by atoms with E-state index < -0.39 is 0 Å². The largest absolute Gasteiger partial charge is 0.496 e. The van der Waals surface area contributed by atoms with E-state index in [1.54, 1.807) is 25.6 Å². The molecule has 0 spiro atoms. The van der Waals surface area contributed by atoms with Crippen LogP contribution in [-0.4, -0.2) is 28.0 Å². The number of hydrogen-bond acceptors (Lipinski definition) is 4. The second kappa shape index (κ2) is 6.54. The van der Waals surface area contributed by atoms with Crippen molar-refractivity contribution >= 4 is 11.6 Å². The van der Waals surface area contributed by atoms with Gasteiger partial charge in [0.1, 0.15) is 11.6 Å². The number of rotatable bonds is 4. The molecule has 0 bridgehead atoms. The van der Waals surface area contributed by atoms with Crippen LogP contribution in [0.4, 0.5) is 5.69 Å². The molecule has 2 aromatic heterocycles. The minimum atomic E-state index is -0.127. The third-order valence-electron chi connectivity index (χ3n) is 3.60. The third kappa shape index (κ3) is 3.12. The van der Waals surface area contributed by atoms with Crippen molar-refractivity contribution in [3.8, 4) is 28.4 Å². The standard InChI is InChI=1S/C18H18N4O2/c1-11-17(13-5-4-8-19-10-13)22-18(20-11)15-7-6-14(21-12(2)23)9-16(15)24-3/h4-10H,1-3H3,(H,20,22)(H,21,23). The topological polar surface area (TPSA) is 79.9 Å². The first-order valence-electron chi connectivity index (χ1n) is 7.51. The molecular weight excluding hydrogens is 304 g/mol. The molecule has 1 aromatic carbocycles. The molecule has 24 heavy (non-hydrogen) atoms. The second-order valence-electron chi connectivity index (χ2n) is 5.40. The summed E-state index contributed by atoms with van der Waals surface area (Å²) in [6.45, 7) is 3.44. The molecule has 0 atom stereocenters. The lowest BCUT2D eigenvalue weighted by Crippen LogP contribution is -2.05. The molecule has 6 nitrogen and oxygen atoms in total. The lowest BCUT2D eigenvalue weighted by molar-refractivity contribution is -0.114. The van der Waals surface area contributed by atoms with Crippen LogP contribution in [0, 0.1) is 6.92 Å². The second-order valence-corrected chi connectivity index (χ2v) is 5.40. The Morgan fingerprint density at radius 1 is 1.29 bits per heavy atom. The predicted molar refractivity (Wildman–Crippen MR) is 92.8 cm³/mol. The quantitative estimate of drug-likeness (QED) is 0.771. The number of hydrogen-bond donors (Lipinski definition) is 2. The van der Waals surface area contributed by atoms with Crippen LogP contribution in [0.25, 0.3) is 22.6 Å². The van der Waals surface area contributed by atoms with E-state index >= 15 is 0 Å². The molecule has 0 saturated heterocycles. The lowest BCUT2D eigenvalue weighted by Gasteiger charge is -2.09. The molecule has 0 unspecified atom stereocenters. The van der Waals surface area contributed by atoms with Crippen molar-refractivity contribution in [2.24, 2.45) is 0 Å². The fourth-order valence-electron chi connectivity index (χ4n) is 2.54. The molecule has 0 saturated carbocycles. The van der Waals surface area contributed by atoms with Gasteiger partial charge in [0.05, 0.1) is 18.4 Å². The summed E-state index contributed by atoms with van der Waals surface area (Å²) in [4.78, 5) is 23.3. The van der Waals surface area contributed by atoms with Gasteiger partial charge in [-0.1, -0.05) is 0 Å². The number of methoxy groups -OCH3 is 1. The molecule has 0 radical (unpaired) electrons. The SMILES string of the molecule is COc1cc(NC(C)=O)ccc1-c1nc(-c2cccnc2)c(C)[nH]1. The number of anilines is 1. The Hall–Kier alpha value is -3.15. The van der Waals surface area contributed by atoms with Crippen LogP contribution in [0.2, 0.25) is 0 Å². The molecule has 0 aliphatic heterocycles. The van der Waals surface area contributed by atoms with E-state index in [0.29, 0.717) is 17.3 Å². The maximum absolute atomic E-state index is 11.2. The van der Waals surface area contributed by atoms with Crippen LogP contribution in [0.15, 0.2) is 42.7 Å². The van der Waals surface area contributed by atoms with Gasteiger partial charge in [0.2, 0.25) is 5.91 Å². The van der Waals surface area contributed by atoms with Crippen molar-refractivity contribution in [2.45, 2.75) is 13.8 Å². The first kappa shape index (κ1) is 15.7. The summed E-state index contributed by atoms with van der Waals surface area (Å²) < 4.78 is 5.45. The summed E-state index contributed by atoms with van der Waals surface area (Å²) >= 11 is 0. The first-order chi connectivity index (χ1) is 11.6. The average molecular weight is 322 g/mol. The maximum atomic E-state index is 11.2. The van der Waals surface area contributed by atoms with Crippen LogP contribution in [0.5, 0.6) is 5.75 Å². The molecule has 3 aromatic rings. The van der Waals surface area contributed by atoms with Crippen LogP contribution >= 0.6 is 0 Å². The van der Waals surface area contributed by atoms with Crippen molar-refractivity contribution in [3.63, 3.8) is 0 Å². The van der Waals surface area contributed by atoms with Crippen molar-refractivity contribution < 1.29 is 9.53 Å². The summed E-state index contributed by atoms with van der Waals surface area (Å²) in [5.41, 5.74) is 4.26. The molecule has 1 amide bonds. The smallest absolute Gasteiger partial charge is 0.221 e. The van der Waals surface area contributed by atoms with E-state index in [4.69, 9.17) is 4.74 Å². The summed E-state index contributed by atoms with van der Waals surface area (Å²) in [5.74, 6) is 1.21. The molecule has 3 rings (SSSR count). The van der Waals surface area contributed by atoms with Gasteiger partial charge in [-0.3, -0.25) is 9.78 Å². The number of aromatic amines is 1. The Kier molecular flexibility index (Phi) is 4.29. The van der Waals surface area contributed by atoms with Gasteiger partial charge in [-0.2, -0.15) is 0 Å². The number of H-pyrrole nitrogens is 1. The summed E-state index contributed by atoms with van der Waals surface area (Å²) in [6, 6.07) is 9.32. The molecular formula is C18H18N4O2. The summed E-state index contributed by atoms with van der Waals surface area (Å²) in [5, 5.41) is 2.74. The van der Waals surface area contributed by atoms with Gasteiger partial charge in [-0.05, 0) is 31.2 Å². The Bertz CT molecular complexity index is 872. The van der Waals surface area contributed by atoms with Gasteiger partial charge < -0.3 is 15.0 Å². The van der Waals surface area contributed by atoms with Gasteiger partial charge in [0, 0.05) is 42.3 Å². The number of pyridine rings is 1. The molecule has 2 heterocycles. The molecule has 2 N–H and O–H groups in total. The van der Waals surface area contributed by atoms with Crippen LogP contribution in [-0.2, 0) is 4.79 Å². The highest BCUT2D eigenvalue weighted by molar-refractivity contribution is 5.89. The number of carbonyl (C=O) groups is 1. The van der Waals surface area contributed by atoms with Crippen molar-refractivity contribution in [1.29, 1.82) is 0 Å². The minimum Gasteiger partial charge on any atom is -0.496 e. The van der Waals surface area contributed by atoms with Crippen LogP contribution in [0.3, 0.4) is 0 Å². The van der Waals surface area contributed by atoms with E-state index in [-0.39, 0.29) is 5.91 Å². The predicted octanol–water partition coefficient (Wildman–Crippen LogP) is 3.41. The Morgan fingerprint density at radius 2 is 2.12 bits per heavy atom. The van der Waals surface area contributed by atoms with Gasteiger partial charge in [0.15, 0.2) is 0 Å². The number of ether oxygens (including phenoxy) is 1. The fraction of sp³-hybridized carbons (Fsp3) is 0.167. The Labute approximate surface area is 139 Å². The lowest BCUT2D eigenvalue weighted by atomic mass is 10.1. The molecule has 0 aliphatic rings. The van der Waals surface area contributed by atoms with E-state index in [9.17, 15) is 4.79 Å². The zero-order valence-electron chi connectivity index (χ0n) is 13.8. The van der Waals surface area contributed by atoms with Crippen molar-refractivity contribution in [1.82, 2.24) is 15.0 Å². The Morgan fingerprint density at radius 3 is 2.79 bits per heavy atom. The van der Waals surface area contributed by atoms with E-state index in [1.807, 2.05) is 31.2 Å². The van der Waals surface area contributed by atoms with Crippen LogP contribution in [0.1, 0.15) is 12.6 Å². The highest BCUT2D eigenvalue weighted by Gasteiger charge is 2.14. The minimum absolute atomic E-state index is 0.127. The number of imidazole rings is 1. The van der Waals surface area contributed by atoms with Crippen molar-refractivity contribution in [2.75, 3.05) is 12.4 Å². The number of nitrogens with one attached hydrogen (secondary N) is 2. The van der Waals surface area contributed by atoms with E-state index in [0.717, 1.165) is 22.5 Å². The number of aryl methyl sites for hydroxylation is 1. The van der Waals surface area contributed by atoms with Gasteiger partial charge >= 0.3 is 0 Å². The summed E-state index contributed by atoms with van der Waals surface area (Å²) in [6.07, 6.45) is 3.51. The Balaban J connectivity index is 2.02. The van der Waals surface area contributed by atoms with Gasteiger partial charge in [0.25, 0.3) is 0 Å². The molecule has 0 aliphatic carbocycles. The highest BCUT2D eigenvalue weighted by Crippen LogP contribution is 2.33. The van der Waals surface area contributed by atoms with Crippen molar-refractivity contribution in [3.05, 3.63) is 48.4 Å². The monoisotopic (exact) mass is 322 g/mol. The average Bonchev–Trinajstić information content (AvgIpc) is 2.96. The van der Waals surface area contributed by atoms with Gasteiger partial charge in [-0.25, -0.2) is 4.98 Å². The maximum Gasteiger partial charge on any atom is 0.221 e. The fourth-order valence-corrected chi connectivity index (χ4v) is 2.54. The van der Waals surface area contributed by atoms with Crippen LogP contribution < -0.4 is 10.1 Å². The summed E-state index contributed by atoms with van der Waals surface area (Å²) in [7, 11) is 1.59. The zero-order chi connectivity index (χ0) is 17.1.